The largest absolute Gasteiger partial charge is 0.550 e. The molecule has 0 bridgehead atoms. The monoisotopic (exact) mass is 431 g/mol. The summed E-state index contributed by atoms with van der Waals surface area (Å²) in [4.78, 5) is 47.3. The Kier molecular flexibility index (Phi) is 6.04. The molecule has 0 aromatic carbocycles. The summed E-state index contributed by atoms with van der Waals surface area (Å²) in [6.07, 6.45) is 8.18. The number of rotatable bonds is 6. The van der Waals surface area contributed by atoms with Crippen molar-refractivity contribution in [3.05, 3.63) is 0 Å². The number of ether oxygens (including phenoxy) is 1. The molecule has 0 spiro atoms. The van der Waals surface area contributed by atoms with Crippen molar-refractivity contribution in [1.82, 2.24) is 0 Å². The molecule has 172 valence electrons. The first kappa shape index (κ1) is 22.5. The highest BCUT2D eigenvalue weighted by Gasteiger charge is 2.61. The summed E-state index contributed by atoms with van der Waals surface area (Å²) in [6, 6.07) is 0. The Morgan fingerprint density at radius 1 is 0.968 bits per heavy atom. The van der Waals surface area contributed by atoms with E-state index >= 15 is 0 Å². The zero-order valence-corrected chi connectivity index (χ0v) is 18.8. The van der Waals surface area contributed by atoms with Gasteiger partial charge in [-0.05, 0) is 85.9 Å². The average Bonchev–Trinajstić information content (AvgIpc) is 3.08. The molecule has 0 aliphatic heterocycles. The van der Waals surface area contributed by atoms with Crippen molar-refractivity contribution < 1.29 is 29.0 Å². The molecule has 6 heteroatoms. The van der Waals surface area contributed by atoms with Gasteiger partial charge in [-0.1, -0.05) is 13.8 Å². The van der Waals surface area contributed by atoms with Crippen LogP contribution in [0.5, 0.6) is 0 Å². The minimum atomic E-state index is -1.29. The van der Waals surface area contributed by atoms with Gasteiger partial charge in [-0.15, -0.1) is 0 Å². The van der Waals surface area contributed by atoms with E-state index in [9.17, 15) is 24.3 Å². The van der Waals surface area contributed by atoms with Crippen LogP contribution in [0.4, 0.5) is 0 Å². The smallest absolute Gasteiger partial charge is 0.306 e. The SMILES string of the molecule is C[C@]12CCC(=O)C[C@@H]1CC[C@H]1[C@H]3CC[C@H](C(=O)COC(=O)CCC(=O)[O-])[C@@]3(C)CC[C@@H]12. The van der Waals surface area contributed by atoms with Gasteiger partial charge in [0.05, 0.1) is 6.42 Å². The maximum absolute atomic E-state index is 13.0. The van der Waals surface area contributed by atoms with Gasteiger partial charge >= 0.3 is 5.97 Å². The quantitative estimate of drug-likeness (QED) is 0.600. The topological polar surface area (TPSA) is 101 Å². The van der Waals surface area contributed by atoms with Crippen molar-refractivity contribution in [2.75, 3.05) is 6.61 Å². The normalized spacial score (nSPS) is 41.6. The highest BCUT2D eigenvalue weighted by Crippen LogP contribution is 2.67. The highest BCUT2D eigenvalue weighted by molar-refractivity contribution is 5.86. The number of ketones is 2. The molecule has 0 amide bonds. The summed E-state index contributed by atoms with van der Waals surface area (Å²) >= 11 is 0. The molecule has 0 aromatic heterocycles. The second kappa shape index (κ2) is 8.32. The van der Waals surface area contributed by atoms with E-state index in [0.29, 0.717) is 29.5 Å². The van der Waals surface area contributed by atoms with Gasteiger partial charge in [0.25, 0.3) is 0 Å². The third kappa shape index (κ3) is 3.95. The first-order valence-corrected chi connectivity index (χ1v) is 12.0. The number of esters is 1. The molecule has 4 aliphatic rings. The first-order valence-electron chi connectivity index (χ1n) is 12.0. The fourth-order valence-electron chi connectivity index (χ4n) is 8.10. The van der Waals surface area contributed by atoms with Crippen molar-refractivity contribution in [2.45, 2.75) is 84.5 Å². The summed E-state index contributed by atoms with van der Waals surface area (Å²) in [5.41, 5.74) is 0.206. The molecule has 4 saturated carbocycles. The summed E-state index contributed by atoms with van der Waals surface area (Å²) in [5, 5.41) is 10.5. The van der Waals surface area contributed by atoms with E-state index in [4.69, 9.17) is 4.74 Å². The zero-order chi connectivity index (χ0) is 22.4. The molecule has 0 heterocycles. The number of fused-ring (bicyclic) bond motifs is 5. The molecule has 4 rings (SSSR count). The molecule has 6 nitrogen and oxygen atoms in total. The van der Waals surface area contributed by atoms with Crippen LogP contribution in [0.25, 0.3) is 0 Å². The Labute approximate surface area is 184 Å². The zero-order valence-electron chi connectivity index (χ0n) is 18.8. The van der Waals surface area contributed by atoms with Gasteiger partial charge in [-0.3, -0.25) is 14.4 Å². The Hall–Kier alpha value is -1.72. The Morgan fingerprint density at radius 2 is 1.71 bits per heavy atom. The molecule has 31 heavy (non-hydrogen) atoms. The van der Waals surface area contributed by atoms with Gasteiger partial charge in [0.1, 0.15) is 12.4 Å². The van der Waals surface area contributed by atoms with Crippen molar-refractivity contribution in [2.24, 2.45) is 40.4 Å². The minimum absolute atomic E-state index is 0.0200. The predicted molar refractivity (Wildman–Crippen MR) is 110 cm³/mol. The van der Waals surface area contributed by atoms with Crippen LogP contribution < -0.4 is 5.11 Å². The van der Waals surface area contributed by atoms with E-state index in [2.05, 4.69) is 13.8 Å². The van der Waals surface area contributed by atoms with Gasteiger partial charge < -0.3 is 14.6 Å². The number of carboxylic acids is 1. The number of hydrogen-bond acceptors (Lipinski definition) is 6. The Balaban J connectivity index is 1.41. The van der Waals surface area contributed by atoms with Crippen LogP contribution in [-0.2, 0) is 23.9 Å². The van der Waals surface area contributed by atoms with Gasteiger partial charge in [0, 0.05) is 24.7 Å². The number of hydrogen-bond donors (Lipinski definition) is 0. The molecule has 0 N–H and O–H groups in total. The van der Waals surface area contributed by atoms with E-state index in [1.807, 2.05) is 0 Å². The van der Waals surface area contributed by atoms with E-state index < -0.39 is 11.9 Å². The maximum atomic E-state index is 13.0. The molecular formula is C25H35O6-. The Morgan fingerprint density at radius 3 is 2.45 bits per heavy atom. The lowest BCUT2D eigenvalue weighted by Gasteiger charge is -2.60. The third-order valence-electron chi connectivity index (χ3n) is 9.78. The lowest BCUT2D eigenvalue weighted by atomic mass is 9.44. The van der Waals surface area contributed by atoms with Crippen molar-refractivity contribution in [1.29, 1.82) is 0 Å². The second-order valence-electron chi connectivity index (χ2n) is 11.1. The average molecular weight is 432 g/mol. The summed E-state index contributed by atoms with van der Waals surface area (Å²) in [7, 11) is 0. The Bertz CT molecular complexity index is 774. The van der Waals surface area contributed by atoms with Crippen LogP contribution in [0.2, 0.25) is 0 Å². The predicted octanol–water partition coefficient (Wildman–Crippen LogP) is 2.86. The fraction of sp³-hybridized carbons (Fsp3) is 0.840. The van der Waals surface area contributed by atoms with Crippen LogP contribution >= 0.6 is 0 Å². The number of Topliss-reactive ketones (excluding diaryl/α,β-unsaturated/α-hetero) is 2. The number of carboxylic acid groups (broad SMARTS) is 1. The van der Waals surface area contributed by atoms with E-state index in [-0.39, 0.29) is 42.0 Å². The molecule has 4 fully saturated rings. The number of aliphatic carboxylic acids is 1. The number of carbonyl (C=O) groups excluding carboxylic acids is 4. The molecule has 0 unspecified atom stereocenters. The lowest BCUT2D eigenvalue weighted by molar-refractivity contribution is -0.305. The summed E-state index contributed by atoms with van der Waals surface area (Å²) in [5.74, 6) is 0.686. The summed E-state index contributed by atoms with van der Waals surface area (Å²) in [6.45, 7) is 4.43. The van der Waals surface area contributed by atoms with E-state index in [1.165, 1.54) is 0 Å². The van der Waals surface area contributed by atoms with Crippen molar-refractivity contribution in [3.63, 3.8) is 0 Å². The molecule has 0 aromatic rings. The van der Waals surface area contributed by atoms with Gasteiger partial charge in [-0.2, -0.15) is 0 Å². The molecular weight excluding hydrogens is 396 g/mol. The molecule has 7 atom stereocenters. The van der Waals surface area contributed by atoms with Crippen molar-refractivity contribution in [3.8, 4) is 0 Å². The van der Waals surface area contributed by atoms with Crippen molar-refractivity contribution >= 4 is 23.5 Å². The van der Waals surface area contributed by atoms with Crippen LogP contribution in [0.3, 0.4) is 0 Å². The van der Waals surface area contributed by atoms with Gasteiger partial charge in [0.2, 0.25) is 0 Å². The van der Waals surface area contributed by atoms with E-state index in [1.54, 1.807) is 0 Å². The molecule has 4 aliphatic carbocycles. The lowest BCUT2D eigenvalue weighted by Crippen LogP contribution is -2.54. The second-order valence-corrected chi connectivity index (χ2v) is 11.1. The third-order valence-corrected chi connectivity index (χ3v) is 9.78. The molecule has 0 radical (unpaired) electrons. The van der Waals surface area contributed by atoms with Gasteiger partial charge in [0.15, 0.2) is 5.78 Å². The van der Waals surface area contributed by atoms with Crippen LogP contribution in [-0.4, -0.2) is 30.1 Å². The maximum Gasteiger partial charge on any atom is 0.306 e. The highest BCUT2D eigenvalue weighted by atomic mass is 16.5. The van der Waals surface area contributed by atoms with Crippen LogP contribution in [0.1, 0.15) is 84.5 Å². The minimum Gasteiger partial charge on any atom is -0.550 e. The standard InChI is InChI=1S/C25H36O6/c1-24-11-9-16(26)13-15(24)3-4-17-18-5-6-20(25(18,2)12-10-19(17)24)21(27)14-31-23(30)8-7-22(28)29/h15,17-20H,3-14H2,1-2H3,(H,28,29)/p-1/t15-,17-,18+,19-,20+,24-,25-/m0/s1. The molecule has 0 saturated heterocycles. The van der Waals surface area contributed by atoms with Crippen LogP contribution in [0, 0.1) is 40.4 Å². The van der Waals surface area contributed by atoms with Crippen LogP contribution in [0.15, 0.2) is 0 Å². The first-order chi connectivity index (χ1) is 14.6. The fourth-order valence-corrected chi connectivity index (χ4v) is 8.10. The van der Waals surface area contributed by atoms with E-state index in [0.717, 1.165) is 57.8 Å². The van der Waals surface area contributed by atoms with Gasteiger partial charge in [-0.25, -0.2) is 0 Å². The summed E-state index contributed by atoms with van der Waals surface area (Å²) < 4.78 is 5.08. The number of carbonyl (C=O) groups is 4.